The van der Waals surface area contributed by atoms with Gasteiger partial charge in [0.1, 0.15) is 10.7 Å². The Morgan fingerprint density at radius 1 is 1.14 bits per heavy atom. The Hall–Kier alpha value is -2.31. The number of nitrogens with one attached hydrogen (secondary N) is 1. The fourth-order valence-corrected chi connectivity index (χ4v) is 4.63. The Bertz CT molecular complexity index is 1030. The predicted octanol–water partition coefficient (Wildman–Crippen LogP) is 4.76. The zero-order valence-electron chi connectivity index (χ0n) is 15.8. The number of carbonyl (C=O) groups is 1. The number of pyridine rings is 1. The molecule has 2 aromatic heterocycles. The summed E-state index contributed by atoms with van der Waals surface area (Å²) in [6.45, 7) is 0.791. The zero-order valence-corrected chi connectivity index (χ0v) is 17.4. The molecule has 148 valence electrons. The van der Waals surface area contributed by atoms with Crippen molar-refractivity contribution in [3.8, 4) is 11.3 Å². The summed E-state index contributed by atoms with van der Waals surface area (Å²) in [5.41, 5.74) is 3.25. The molecule has 0 bridgehead atoms. The van der Waals surface area contributed by atoms with Gasteiger partial charge in [-0.25, -0.2) is 4.98 Å². The van der Waals surface area contributed by atoms with E-state index in [-0.39, 0.29) is 11.8 Å². The zero-order chi connectivity index (χ0) is 19.8. The van der Waals surface area contributed by atoms with Gasteiger partial charge in [0.2, 0.25) is 5.91 Å². The second-order valence-electron chi connectivity index (χ2n) is 7.65. The summed E-state index contributed by atoms with van der Waals surface area (Å²) in [7, 11) is 0. The number of benzene rings is 1. The van der Waals surface area contributed by atoms with Gasteiger partial charge < -0.3 is 5.32 Å². The van der Waals surface area contributed by atoms with Crippen molar-refractivity contribution in [1.29, 1.82) is 0 Å². The summed E-state index contributed by atoms with van der Waals surface area (Å²) in [6, 6.07) is 12.8. The molecule has 3 aromatic rings. The van der Waals surface area contributed by atoms with Crippen LogP contribution in [0.1, 0.15) is 30.9 Å². The largest absolute Gasteiger partial charge is 0.356 e. The molecule has 1 amide bonds. The normalized spacial score (nSPS) is 18.8. The molecule has 5 nitrogen and oxygen atoms in total. The van der Waals surface area contributed by atoms with Crippen molar-refractivity contribution in [3.05, 3.63) is 59.4 Å². The van der Waals surface area contributed by atoms with Crippen LogP contribution in [-0.4, -0.2) is 27.2 Å². The highest BCUT2D eigenvalue weighted by molar-refractivity contribution is 7.99. The van der Waals surface area contributed by atoms with Crippen LogP contribution in [0.25, 0.3) is 11.3 Å². The molecule has 0 radical (unpaired) electrons. The van der Waals surface area contributed by atoms with E-state index in [2.05, 4.69) is 45.4 Å². The summed E-state index contributed by atoms with van der Waals surface area (Å²) in [5.74, 6) is 0.267. The van der Waals surface area contributed by atoms with E-state index < -0.39 is 0 Å². The van der Waals surface area contributed by atoms with Gasteiger partial charge in [-0.15, -0.1) is 0 Å². The molecule has 2 fully saturated rings. The number of nitrogens with zero attached hydrogens (tertiary/aromatic N) is 3. The van der Waals surface area contributed by atoms with Gasteiger partial charge in [-0.3, -0.25) is 9.48 Å². The number of hydrogen-bond donors (Lipinski definition) is 1. The van der Waals surface area contributed by atoms with E-state index in [0.29, 0.717) is 11.1 Å². The average molecular weight is 425 g/mol. The monoisotopic (exact) mass is 424 g/mol. The van der Waals surface area contributed by atoms with E-state index in [4.69, 9.17) is 16.7 Å². The summed E-state index contributed by atoms with van der Waals surface area (Å²) < 4.78 is 2.09. The van der Waals surface area contributed by atoms with Crippen LogP contribution >= 0.6 is 23.4 Å². The minimum atomic E-state index is 0.0945. The number of halogens is 1. The van der Waals surface area contributed by atoms with Crippen LogP contribution in [0, 0.1) is 5.92 Å². The third-order valence-electron chi connectivity index (χ3n) is 5.41. The lowest BCUT2D eigenvalue weighted by molar-refractivity contribution is -0.122. The van der Waals surface area contributed by atoms with Crippen molar-refractivity contribution in [3.63, 3.8) is 0 Å². The van der Waals surface area contributed by atoms with Crippen molar-refractivity contribution in [2.24, 2.45) is 5.92 Å². The Morgan fingerprint density at radius 2 is 1.97 bits per heavy atom. The SMILES string of the molecule is O=C1NCCC1Cc1ccc(-c2nn(C3CC3)cc2Sc2ccc(Cl)cn2)cc1. The van der Waals surface area contributed by atoms with Gasteiger partial charge >= 0.3 is 0 Å². The quantitative estimate of drug-likeness (QED) is 0.619. The van der Waals surface area contributed by atoms with Gasteiger partial charge in [-0.2, -0.15) is 5.10 Å². The van der Waals surface area contributed by atoms with E-state index in [0.717, 1.165) is 40.6 Å². The molecule has 1 aliphatic heterocycles. The lowest BCUT2D eigenvalue weighted by Gasteiger charge is -2.08. The van der Waals surface area contributed by atoms with Gasteiger partial charge in [0.25, 0.3) is 0 Å². The average Bonchev–Trinajstić information content (AvgIpc) is 3.39. The van der Waals surface area contributed by atoms with Gasteiger partial charge in [0.05, 0.1) is 16.0 Å². The lowest BCUT2D eigenvalue weighted by atomic mass is 9.97. The summed E-state index contributed by atoms with van der Waals surface area (Å²) in [4.78, 5) is 17.3. The maximum absolute atomic E-state index is 11.8. The minimum absolute atomic E-state index is 0.0945. The molecule has 7 heteroatoms. The third kappa shape index (κ3) is 4.19. The maximum Gasteiger partial charge on any atom is 0.223 e. The van der Waals surface area contributed by atoms with Crippen molar-refractivity contribution < 1.29 is 4.79 Å². The van der Waals surface area contributed by atoms with E-state index in [1.165, 1.54) is 18.4 Å². The smallest absolute Gasteiger partial charge is 0.223 e. The highest BCUT2D eigenvalue weighted by atomic mass is 35.5. The van der Waals surface area contributed by atoms with Crippen LogP contribution in [0.15, 0.2) is 58.7 Å². The highest BCUT2D eigenvalue weighted by Gasteiger charge is 2.27. The molecule has 1 atom stereocenters. The molecule has 29 heavy (non-hydrogen) atoms. The van der Waals surface area contributed by atoms with Crippen molar-refractivity contribution in [2.75, 3.05) is 6.54 Å². The number of amides is 1. The molecular weight excluding hydrogens is 404 g/mol. The van der Waals surface area contributed by atoms with Crippen molar-refractivity contribution in [1.82, 2.24) is 20.1 Å². The molecule has 2 aliphatic rings. The van der Waals surface area contributed by atoms with E-state index in [9.17, 15) is 4.79 Å². The van der Waals surface area contributed by atoms with Gasteiger partial charge in [0, 0.05) is 30.4 Å². The van der Waals surface area contributed by atoms with E-state index in [1.807, 2.05) is 12.1 Å². The Morgan fingerprint density at radius 3 is 2.62 bits per heavy atom. The van der Waals surface area contributed by atoms with Gasteiger partial charge in [-0.1, -0.05) is 47.6 Å². The first-order chi connectivity index (χ1) is 14.2. The van der Waals surface area contributed by atoms with Crippen LogP contribution in [0.2, 0.25) is 5.02 Å². The molecule has 1 aromatic carbocycles. The van der Waals surface area contributed by atoms with Crippen LogP contribution < -0.4 is 5.32 Å². The maximum atomic E-state index is 11.8. The molecule has 1 unspecified atom stereocenters. The number of aromatic nitrogens is 3. The fraction of sp³-hybridized carbons (Fsp3) is 0.318. The summed E-state index contributed by atoms with van der Waals surface area (Å²) >= 11 is 7.58. The minimum Gasteiger partial charge on any atom is -0.356 e. The molecule has 3 heterocycles. The number of hydrogen-bond acceptors (Lipinski definition) is 4. The fourth-order valence-electron chi connectivity index (χ4n) is 3.63. The van der Waals surface area contributed by atoms with Crippen LogP contribution in [0.5, 0.6) is 0 Å². The number of carbonyl (C=O) groups excluding carboxylic acids is 1. The molecule has 5 rings (SSSR count). The Kier molecular flexibility index (Phi) is 5.06. The molecule has 1 aliphatic carbocycles. The van der Waals surface area contributed by atoms with Gasteiger partial charge in [0.15, 0.2) is 0 Å². The van der Waals surface area contributed by atoms with Crippen LogP contribution in [0.3, 0.4) is 0 Å². The highest BCUT2D eigenvalue weighted by Crippen LogP contribution is 2.40. The lowest BCUT2D eigenvalue weighted by Crippen LogP contribution is -2.20. The summed E-state index contributed by atoms with van der Waals surface area (Å²) in [5, 5.41) is 9.32. The first-order valence-corrected chi connectivity index (χ1v) is 11.1. The van der Waals surface area contributed by atoms with Crippen molar-refractivity contribution >= 4 is 29.3 Å². The van der Waals surface area contributed by atoms with Crippen LogP contribution in [-0.2, 0) is 11.2 Å². The standard InChI is InChI=1S/C22H21ClN4OS/c23-17-5-8-20(25-12-17)29-19-13-27(18-6-7-18)26-21(19)15-3-1-14(2-4-15)11-16-9-10-24-22(16)28/h1-5,8,12-13,16,18H,6-7,9-11H2,(H,24,28). The molecule has 1 saturated heterocycles. The third-order valence-corrected chi connectivity index (χ3v) is 6.60. The molecule has 0 spiro atoms. The van der Waals surface area contributed by atoms with E-state index >= 15 is 0 Å². The predicted molar refractivity (Wildman–Crippen MR) is 114 cm³/mol. The topological polar surface area (TPSA) is 59.8 Å². The number of rotatable bonds is 6. The Labute approximate surface area is 178 Å². The van der Waals surface area contributed by atoms with Crippen molar-refractivity contribution in [2.45, 2.75) is 41.6 Å². The second-order valence-corrected chi connectivity index (χ2v) is 9.15. The molecular formula is C22H21ClN4OS. The van der Waals surface area contributed by atoms with Gasteiger partial charge in [-0.05, 0) is 43.4 Å². The molecule has 1 N–H and O–H groups in total. The summed E-state index contributed by atoms with van der Waals surface area (Å²) in [6.07, 6.45) is 7.88. The molecule has 1 saturated carbocycles. The first kappa shape index (κ1) is 18.7. The van der Waals surface area contributed by atoms with Crippen LogP contribution in [0.4, 0.5) is 0 Å². The Balaban J connectivity index is 1.40. The van der Waals surface area contributed by atoms with E-state index in [1.54, 1.807) is 18.0 Å². The second kappa shape index (κ2) is 7.84. The first-order valence-electron chi connectivity index (χ1n) is 9.91.